The lowest BCUT2D eigenvalue weighted by atomic mass is 9.95. The number of hydrogen-bond donors (Lipinski definition) is 0. The summed E-state index contributed by atoms with van der Waals surface area (Å²) in [7, 11) is 1.83. The van der Waals surface area contributed by atoms with E-state index in [1.54, 1.807) is 35.6 Å². The van der Waals surface area contributed by atoms with Crippen molar-refractivity contribution in [2.45, 2.75) is 12.8 Å². The first kappa shape index (κ1) is 18.5. The number of rotatable bonds is 6. The summed E-state index contributed by atoms with van der Waals surface area (Å²) >= 11 is 5.94. The summed E-state index contributed by atoms with van der Waals surface area (Å²) in [5.74, 6) is 1.83. The van der Waals surface area contributed by atoms with Crippen molar-refractivity contribution in [1.82, 2.24) is 14.9 Å². The molecule has 0 aliphatic carbocycles. The number of ether oxygens (including phenoxy) is 1. The summed E-state index contributed by atoms with van der Waals surface area (Å²) < 4.78 is 5.67. The van der Waals surface area contributed by atoms with Crippen molar-refractivity contribution in [3.63, 3.8) is 0 Å². The van der Waals surface area contributed by atoms with Crippen LogP contribution in [0.15, 0.2) is 42.9 Å². The minimum Gasteiger partial charge on any atom is -0.492 e. The van der Waals surface area contributed by atoms with Crippen molar-refractivity contribution < 1.29 is 9.53 Å². The van der Waals surface area contributed by atoms with Crippen molar-refractivity contribution in [1.29, 1.82) is 0 Å². The van der Waals surface area contributed by atoms with E-state index in [2.05, 4.69) is 14.9 Å². The highest BCUT2D eigenvalue weighted by Crippen LogP contribution is 2.22. The Kier molecular flexibility index (Phi) is 6.28. The number of hydrogen-bond acceptors (Lipinski definition) is 5. The fraction of sp³-hybridized carbons (Fsp3) is 0.421. The number of likely N-dealkylation sites (N-methyl/N-ethyl adjacent to an activating group) is 1. The molecule has 138 valence electrons. The van der Waals surface area contributed by atoms with Crippen LogP contribution in [0, 0.1) is 5.92 Å². The lowest BCUT2D eigenvalue weighted by Crippen LogP contribution is -2.42. The molecular weight excluding hydrogens is 352 g/mol. The molecule has 1 amide bonds. The number of benzene rings is 1. The van der Waals surface area contributed by atoms with Crippen LogP contribution in [0.4, 0.5) is 5.82 Å². The smallest absolute Gasteiger partial charge is 0.225 e. The fourth-order valence-electron chi connectivity index (χ4n) is 3.09. The molecule has 1 aliphatic rings. The SMILES string of the molecule is CN(CCOc1cccc(Cl)c1)C(=O)C1CCN(c2cnccn2)CC1. The maximum absolute atomic E-state index is 12.6. The van der Waals surface area contributed by atoms with Gasteiger partial charge in [-0.25, -0.2) is 4.98 Å². The Labute approximate surface area is 158 Å². The predicted molar refractivity (Wildman–Crippen MR) is 102 cm³/mol. The number of carbonyl (C=O) groups is 1. The molecule has 6 nitrogen and oxygen atoms in total. The summed E-state index contributed by atoms with van der Waals surface area (Å²) in [6.07, 6.45) is 6.78. The van der Waals surface area contributed by atoms with Gasteiger partial charge in [-0.2, -0.15) is 0 Å². The molecule has 1 fully saturated rings. The number of amides is 1. The zero-order chi connectivity index (χ0) is 18.4. The number of carbonyl (C=O) groups excluding carboxylic acids is 1. The maximum atomic E-state index is 12.6. The molecule has 26 heavy (non-hydrogen) atoms. The van der Waals surface area contributed by atoms with Crippen LogP contribution in [0.25, 0.3) is 0 Å². The van der Waals surface area contributed by atoms with E-state index in [1.807, 2.05) is 19.2 Å². The van der Waals surface area contributed by atoms with Gasteiger partial charge in [0.15, 0.2) is 0 Å². The highest BCUT2D eigenvalue weighted by Gasteiger charge is 2.27. The van der Waals surface area contributed by atoms with E-state index in [0.717, 1.165) is 37.5 Å². The second-order valence-electron chi connectivity index (χ2n) is 6.39. The summed E-state index contributed by atoms with van der Waals surface area (Å²) in [5.41, 5.74) is 0. The van der Waals surface area contributed by atoms with Crippen LogP contribution in [0.3, 0.4) is 0 Å². The van der Waals surface area contributed by atoms with Gasteiger partial charge in [-0.3, -0.25) is 9.78 Å². The molecule has 3 rings (SSSR count). The number of aromatic nitrogens is 2. The first-order chi connectivity index (χ1) is 12.6. The van der Waals surface area contributed by atoms with E-state index in [9.17, 15) is 4.79 Å². The number of halogens is 1. The molecule has 1 saturated heterocycles. The van der Waals surface area contributed by atoms with Gasteiger partial charge >= 0.3 is 0 Å². The van der Waals surface area contributed by atoms with Crippen molar-refractivity contribution in [3.8, 4) is 5.75 Å². The summed E-state index contributed by atoms with van der Waals surface area (Å²) in [6.45, 7) is 2.64. The lowest BCUT2D eigenvalue weighted by Gasteiger charge is -2.33. The minimum absolute atomic E-state index is 0.0547. The van der Waals surface area contributed by atoms with E-state index in [0.29, 0.717) is 18.2 Å². The zero-order valence-electron chi connectivity index (χ0n) is 14.8. The molecule has 0 N–H and O–H groups in total. The van der Waals surface area contributed by atoms with E-state index in [-0.39, 0.29) is 11.8 Å². The largest absolute Gasteiger partial charge is 0.492 e. The average molecular weight is 375 g/mol. The van der Waals surface area contributed by atoms with Crippen LogP contribution in [0.2, 0.25) is 5.02 Å². The van der Waals surface area contributed by atoms with Crippen molar-refractivity contribution in [3.05, 3.63) is 47.9 Å². The van der Waals surface area contributed by atoms with Crippen molar-refractivity contribution >= 4 is 23.3 Å². The average Bonchev–Trinajstić information content (AvgIpc) is 2.68. The molecule has 0 atom stereocenters. The Bertz CT molecular complexity index is 720. The van der Waals surface area contributed by atoms with E-state index < -0.39 is 0 Å². The Morgan fingerprint density at radius 3 is 2.85 bits per heavy atom. The molecular formula is C19H23ClN4O2. The third kappa shape index (κ3) is 4.85. The molecule has 1 aromatic heterocycles. The van der Waals surface area contributed by atoms with Crippen LogP contribution in [-0.4, -0.2) is 54.1 Å². The van der Waals surface area contributed by atoms with Crippen molar-refractivity contribution in [2.75, 3.05) is 38.2 Å². The Morgan fingerprint density at radius 1 is 1.35 bits per heavy atom. The third-order valence-corrected chi connectivity index (χ3v) is 4.82. The van der Waals surface area contributed by atoms with Gasteiger partial charge < -0.3 is 14.5 Å². The molecule has 1 aliphatic heterocycles. The van der Waals surface area contributed by atoms with Gasteiger partial charge in [0.25, 0.3) is 0 Å². The van der Waals surface area contributed by atoms with Crippen molar-refractivity contribution in [2.24, 2.45) is 5.92 Å². The van der Waals surface area contributed by atoms with Gasteiger partial charge in [0, 0.05) is 43.5 Å². The monoisotopic (exact) mass is 374 g/mol. The molecule has 0 radical (unpaired) electrons. The Morgan fingerprint density at radius 2 is 2.15 bits per heavy atom. The van der Waals surface area contributed by atoms with Crippen LogP contribution in [0.1, 0.15) is 12.8 Å². The van der Waals surface area contributed by atoms with Gasteiger partial charge in [0.2, 0.25) is 5.91 Å². The predicted octanol–water partition coefficient (Wildman–Crippen LogP) is 2.88. The van der Waals surface area contributed by atoms with Gasteiger partial charge in [0.05, 0.1) is 12.7 Å². The Balaban J connectivity index is 1.43. The quantitative estimate of drug-likeness (QED) is 0.778. The van der Waals surface area contributed by atoms with Crippen LogP contribution < -0.4 is 9.64 Å². The first-order valence-corrected chi connectivity index (χ1v) is 9.15. The molecule has 0 unspecified atom stereocenters. The van der Waals surface area contributed by atoms with Gasteiger partial charge in [-0.05, 0) is 31.0 Å². The molecule has 0 saturated carbocycles. The van der Waals surface area contributed by atoms with Gasteiger partial charge in [-0.15, -0.1) is 0 Å². The molecule has 2 heterocycles. The highest BCUT2D eigenvalue weighted by atomic mass is 35.5. The van der Waals surface area contributed by atoms with E-state index in [4.69, 9.17) is 16.3 Å². The fourth-order valence-corrected chi connectivity index (χ4v) is 3.27. The molecule has 0 spiro atoms. The van der Waals surface area contributed by atoms with Gasteiger partial charge in [0.1, 0.15) is 18.2 Å². The number of nitrogens with zero attached hydrogens (tertiary/aromatic N) is 4. The number of anilines is 1. The maximum Gasteiger partial charge on any atom is 0.225 e. The van der Waals surface area contributed by atoms with E-state index >= 15 is 0 Å². The summed E-state index contributed by atoms with van der Waals surface area (Å²) in [6, 6.07) is 7.27. The van der Waals surface area contributed by atoms with Crippen LogP contribution >= 0.6 is 11.6 Å². The molecule has 2 aromatic rings. The standard InChI is InChI=1S/C19H23ClN4O2/c1-23(11-12-26-17-4-2-3-16(20)13-17)19(25)15-5-9-24(10-6-15)18-14-21-7-8-22-18/h2-4,7-8,13-15H,5-6,9-12H2,1H3. The Hall–Kier alpha value is -2.34. The summed E-state index contributed by atoms with van der Waals surface area (Å²) in [5, 5.41) is 0.641. The number of piperidine rings is 1. The van der Waals surface area contributed by atoms with Crippen LogP contribution in [0.5, 0.6) is 5.75 Å². The lowest BCUT2D eigenvalue weighted by molar-refractivity contribution is -0.135. The second-order valence-corrected chi connectivity index (χ2v) is 6.83. The third-order valence-electron chi connectivity index (χ3n) is 4.59. The van der Waals surface area contributed by atoms with Crippen LogP contribution in [-0.2, 0) is 4.79 Å². The normalized spacial score (nSPS) is 14.9. The topological polar surface area (TPSA) is 58.6 Å². The first-order valence-electron chi connectivity index (χ1n) is 8.78. The molecule has 7 heteroatoms. The molecule has 0 bridgehead atoms. The highest BCUT2D eigenvalue weighted by molar-refractivity contribution is 6.30. The van der Waals surface area contributed by atoms with E-state index in [1.165, 1.54) is 0 Å². The second kappa shape index (κ2) is 8.85. The minimum atomic E-state index is 0.0547. The summed E-state index contributed by atoms with van der Waals surface area (Å²) in [4.78, 5) is 25.0. The molecule has 1 aromatic carbocycles. The van der Waals surface area contributed by atoms with Gasteiger partial charge in [-0.1, -0.05) is 17.7 Å². The zero-order valence-corrected chi connectivity index (χ0v) is 15.6.